The minimum absolute atomic E-state index is 0.0282. The highest BCUT2D eigenvalue weighted by Gasteiger charge is 2.38. The number of likely N-dealkylation sites (tertiary alicyclic amines) is 1. The molecule has 1 amide bonds. The average molecular weight is 429 g/mol. The molecular weight excluding hydrogens is 404 g/mol. The van der Waals surface area contributed by atoms with Crippen LogP contribution in [0.3, 0.4) is 0 Å². The number of carbonyl (C=O) groups excluding carboxylic acids is 2. The summed E-state index contributed by atoms with van der Waals surface area (Å²) in [5.74, 6) is -0.0485. The smallest absolute Gasteiger partial charge is 0.348 e. The van der Waals surface area contributed by atoms with E-state index in [0.717, 1.165) is 31.0 Å². The van der Waals surface area contributed by atoms with Gasteiger partial charge in [0.25, 0.3) is 0 Å². The van der Waals surface area contributed by atoms with Crippen LogP contribution in [-0.4, -0.2) is 49.6 Å². The van der Waals surface area contributed by atoms with Crippen molar-refractivity contribution >= 4 is 29.2 Å². The summed E-state index contributed by atoms with van der Waals surface area (Å²) in [6.45, 7) is 2.59. The first-order chi connectivity index (χ1) is 14.5. The molecule has 30 heavy (non-hydrogen) atoms. The molecular formula is C23H25ClN2O4. The van der Waals surface area contributed by atoms with Gasteiger partial charge < -0.3 is 14.4 Å². The van der Waals surface area contributed by atoms with Crippen LogP contribution in [0.2, 0.25) is 5.02 Å². The molecule has 2 atom stereocenters. The highest BCUT2D eigenvalue weighted by Crippen LogP contribution is 2.35. The molecule has 0 bridgehead atoms. The monoisotopic (exact) mass is 428 g/mol. The molecule has 0 N–H and O–H groups in total. The summed E-state index contributed by atoms with van der Waals surface area (Å²) < 4.78 is 10.6. The summed E-state index contributed by atoms with van der Waals surface area (Å²) in [4.78, 5) is 29.6. The van der Waals surface area contributed by atoms with Crippen molar-refractivity contribution in [1.29, 1.82) is 0 Å². The van der Waals surface area contributed by atoms with E-state index in [1.807, 2.05) is 42.5 Å². The van der Waals surface area contributed by atoms with E-state index in [-0.39, 0.29) is 18.4 Å². The number of carbonyl (C=O) groups is 2. The maximum absolute atomic E-state index is 13.5. The normalized spacial score (nSPS) is 21.5. The maximum atomic E-state index is 13.5. The zero-order chi connectivity index (χ0) is 21.1. The van der Waals surface area contributed by atoms with Gasteiger partial charge in [-0.05, 0) is 49.2 Å². The molecule has 2 aromatic rings. The van der Waals surface area contributed by atoms with Crippen LogP contribution in [0.1, 0.15) is 18.4 Å². The molecule has 4 rings (SSSR count). The van der Waals surface area contributed by atoms with Crippen LogP contribution in [0.15, 0.2) is 48.5 Å². The van der Waals surface area contributed by atoms with Crippen LogP contribution in [0.4, 0.5) is 5.69 Å². The van der Waals surface area contributed by atoms with Crippen molar-refractivity contribution in [2.45, 2.75) is 25.5 Å². The lowest BCUT2D eigenvalue weighted by molar-refractivity contribution is -0.148. The molecule has 0 aromatic heterocycles. The van der Waals surface area contributed by atoms with Crippen molar-refractivity contribution < 1.29 is 19.1 Å². The van der Waals surface area contributed by atoms with E-state index < -0.39 is 12.1 Å². The number of amides is 1. The number of halogens is 1. The molecule has 0 saturated carbocycles. The van der Waals surface area contributed by atoms with Gasteiger partial charge in [-0.1, -0.05) is 35.9 Å². The molecule has 6 nitrogen and oxygen atoms in total. The number of anilines is 1. The van der Waals surface area contributed by atoms with E-state index in [1.165, 1.54) is 12.7 Å². The summed E-state index contributed by atoms with van der Waals surface area (Å²) in [7, 11) is 1.33. The minimum Gasteiger partial charge on any atom is -0.475 e. The number of ether oxygens (including phenoxy) is 2. The van der Waals surface area contributed by atoms with Crippen molar-refractivity contribution in [1.82, 2.24) is 4.90 Å². The molecule has 0 aliphatic carbocycles. The van der Waals surface area contributed by atoms with E-state index in [2.05, 4.69) is 4.90 Å². The van der Waals surface area contributed by atoms with Crippen LogP contribution in [0, 0.1) is 5.92 Å². The Bertz CT molecular complexity index is 918. The van der Waals surface area contributed by atoms with E-state index in [1.54, 1.807) is 11.0 Å². The highest BCUT2D eigenvalue weighted by molar-refractivity contribution is 6.30. The van der Waals surface area contributed by atoms with Gasteiger partial charge in [-0.2, -0.15) is 0 Å². The predicted molar refractivity (Wildman–Crippen MR) is 115 cm³/mol. The second-order valence-electron chi connectivity index (χ2n) is 7.75. The highest BCUT2D eigenvalue weighted by atomic mass is 35.5. The Balaban J connectivity index is 1.49. The van der Waals surface area contributed by atoms with Crippen LogP contribution in [0.25, 0.3) is 0 Å². The van der Waals surface area contributed by atoms with Crippen LogP contribution >= 0.6 is 11.6 Å². The summed E-state index contributed by atoms with van der Waals surface area (Å²) >= 11 is 5.98. The largest absolute Gasteiger partial charge is 0.475 e. The summed E-state index contributed by atoms with van der Waals surface area (Å²) in [5.41, 5.74) is 1.88. The second kappa shape index (κ2) is 9.06. The molecule has 1 fully saturated rings. The lowest BCUT2D eigenvalue weighted by Gasteiger charge is -2.38. The number of methoxy groups -OCH3 is 1. The third kappa shape index (κ3) is 4.45. The number of piperidine rings is 1. The Morgan fingerprint density at radius 1 is 1.13 bits per heavy atom. The Hall–Kier alpha value is -2.57. The third-order valence-electron chi connectivity index (χ3n) is 5.68. The van der Waals surface area contributed by atoms with E-state index in [9.17, 15) is 9.59 Å². The first kappa shape index (κ1) is 20.7. The first-order valence-corrected chi connectivity index (χ1v) is 10.5. The van der Waals surface area contributed by atoms with Gasteiger partial charge in [0.2, 0.25) is 12.0 Å². The van der Waals surface area contributed by atoms with Crippen molar-refractivity contribution in [3.63, 3.8) is 0 Å². The number of para-hydroxylation sites is 2. The minimum atomic E-state index is -0.817. The standard InChI is InChI=1S/C23H25ClN2O4/c1-29-23(28)21-15-26(19-6-2-3-7-20(19)30-21)22(27)17-5-4-12-25(14-17)13-16-8-10-18(24)11-9-16/h2-3,6-11,17,21H,4-5,12-15H2,1H3/t17-,21+/m0/s1. The van der Waals surface area contributed by atoms with Gasteiger partial charge in [-0.3, -0.25) is 9.69 Å². The Labute approximate surface area is 181 Å². The fraction of sp³-hybridized carbons (Fsp3) is 0.391. The second-order valence-corrected chi connectivity index (χ2v) is 8.18. The lowest BCUT2D eigenvalue weighted by Crippen LogP contribution is -2.51. The number of nitrogens with zero attached hydrogens (tertiary/aromatic N) is 2. The van der Waals surface area contributed by atoms with Crippen molar-refractivity contribution in [3.8, 4) is 5.75 Å². The SMILES string of the molecule is COC(=O)[C@H]1CN(C(=O)[C@H]2CCCN(Cc3ccc(Cl)cc3)C2)c2ccccc2O1. The van der Waals surface area contributed by atoms with Gasteiger partial charge in [-0.25, -0.2) is 4.79 Å². The lowest BCUT2D eigenvalue weighted by atomic mass is 9.95. The van der Waals surface area contributed by atoms with Gasteiger partial charge >= 0.3 is 5.97 Å². The summed E-state index contributed by atoms with van der Waals surface area (Å²) in [5, 5.41) is 0.719. The first-order valence-electron chi connectivity index (χ1n) is 10.2. The molecule has 158 valence electrons. The Morgan fingerprint density at radius 3 is 2.67 bits per heavy atom. The molecule has 2 aliphatic heterocycles. The average Bonchev–Trinajstić information content (AvgIpc) is 2.79. The van der Waals surface area contributed by atoms with Crippen LogP contribution < -0.4 is 9.64 Å². The molecule has 0 radical (unpaired) electrons. The van der Waals surface area contributed by atoms with Gasteiger partial charge in [0.15, 0.2) is 0 Å². The molecule has 2 aliphatic rings. The number of hydrogen-bond donors (Lipinski definition) is 0. The van der Waals surface area contributed by atoms with Crippen molar-refractivity contribution in [3.05, 3.63) is 59.1 Å². The molecule has 2 aromatic carbocycles. The summed E-state index contributed by atoms with van der Waals surface area (Å²) in [6, 6.07) is 15.2. The topological polar surface area (TPSA) is 59.1 Å². The fourth-order valence-corrected chi connectivity index (χ4v) is 4.29. The van der Waals surface area contributed by atoms with Crippen molar-refractivity contribution in [2.75, 3.05) is 31.6 Å². The number of rotatable bonds is 4. The number of hydrogen-bond acceptors (Lipinski definition) is 5. The van der Waals surface area contributed by atoms with Gasteiger partial charge in [0.1, 0.15) is 5.75 Å². The molecule has 2 heterocycles. The predicted octanol–water partition coefficient (Wildman–Crippen LogP) is 3.52. The Kier molecular flexibility index (Phi) is 6.25. The third-order valence-corrected chi connectivity index (χ3v) is 5.93. The van der Waals surface area contributed by atoms with Gasteiger partial charge in [0, 0.05) is 18.1 Å². The maximum Gasteiger partial charge on any atom is 0.348 e. The number of esters is 1. The zero-order valence-electron chi connectivity index (χ0n) is 16.9. The Morgan fingerprint density at radius 2 is 1.90 bits per heavy atom. The van der Waals surface area contributed by atoms with E-state index >= 15 is 0 Å². The van der Waals surface area contributed by atoms with E-state index in [0.29, 0.717) is 18.0 Å². The molecule has 7 heteroatoms. The van der Waals surface area contributed by atoms with Gasteiger partial charge in [-0.15, -0.1) is 0 Å². The van der Waals surface area contributed by atoms with Crippen LogP contribution in [-0.2, 0) is 20.9 Å². The molecule has 0 spiro atoms. The molecule has 0 unspecified atom stereocenters. The number of fused-ring (bicyclic) bond motifs is 1. The summed E-state index contributed by atoms with van der Waals surface area (Å²) in [6.07, 6.45) is 0.969. The van der Waals surface area contributed by atoms with Gasteiger partial charge in [0.05, 0.1) is 25.3 Å². The zero-order valence-corrected chi connectivity index (χ0v) is 17.7. The van der Waals surface area contributed by atoms with E-state index in [4.69, 9.17) is 21.1 Å². The molecule has 1 saturated heterocycles. The van der Waals surface area contributed by atoms with Crippen LogP contribution in [0.5, 0.6) is 5.75 Å². The van der Waals surface area contributed by atoms with Crippen molar-refractivity contribution in [2.24, 2.45) is 5.92 Å². The number of benzene rings is 2. The quantitative estimate of drug-likeness (QED) is 0.697. The fourth-order valence-electron chi connectivity index (χ4n) is 4.17.